The average molecular weight is 252 g/mol. The SMILES string of the molecule is CC1(C)CCCN(c2cc(F)cc([N+](=O)[O-])c2)C1. The maximum absolute atomic E-state index is 13.4. The first-order valence-electron chi connectivity index (χ1n) is 6.07. The van der Waals surface area contributed by atoms with E-state index >= 15 is 0 Å². The van der Waals surface area contributed by atoms with E-state index in [1.165, 1.54) is 12.1 Å². The Morgan fingerprint density at radius 3 is 2.72 bits per heavy atom. The van der Waals surface area contributed by atoms with E-state index in [-0.39, 0.29) is 11.1 Å². The van der Waals surface area contributed by atoms with Gasteiger partial charge in [-0.1, -0.05) is 13.8 Å². The van der Waals surface area contributed by atoms with Crippen LogP contribution in [0.2, 0.25) is 0 Å². The van der Waals surface area contributed by atoms with Gasteiger partial charge in [-0.15, -0.1) is 0 Å². The summed E-state index contributed by atoms with van der Waals surface area (Å²) >= 11 is 0. The van der Waals surface area contributed by atoms with Crippen molar-refractivity contribution in [3.63, 3.8) is 0 Å². The van der Waals surface area contributed by atoms with E-state index in [4.69, 9.17) is 0 Å². The molecule has 1 fully saturated rings. The molecule has 0 amide bonds. The van der Waals surface area contributed by atoms with E-state index in [1.54, 1.807) is 0 Å². The minimum atomic E-state index is -0.554. The highest BCUT2D eigenvalue weighted by molar-refractivity contribution is 5.54. The van der Waals surface area contributed by atoms with Gasteiger partial charge in [0.1, 0.15) is 5.82 Å². The van der Waals surface area contributed by atoms with Crippen molar-refractivity contribution in [3.8, 4) is 0 Å². The standard InChI is InChI=1S/C13H17FN2O2/c1-13(2)4-3-5-15(9-13)11-6-10(14)7-12(8-11)16(17)18/h6-8H,3-5,9H2,1-2H3. The minimum Gasteiger partial charge on any atom is -0.371 e. The van der Waals surface area contributed by atoms with Gasteiger partial charge in [-0.2, -0.15) is 0 Å². The molecular formula is C13H17FN2O2. The van der Waals surface area contributed by atoms with Gasteiger partial charge in [0, 0.05) is 24.8 Å². The van der Waals surface area contributed by atoms with Crippen molar-refractivity contribution in [2.24, 2.45) is 5.41 Å². The van der Waals surface area contributed by atoms with Crippen LogP contribution < -0.4 is 4.90 Å². The molecule has 1 aromatic carbocycles. The number of nitro groups is 1. The molecule has 5 heteroatoms. The van der Waals surface area contributed by atoms with E-state index < -0.39 is 10.7 Å². The number of hydrogen-bond acceptors (Lipinski definition) is 3. The zero-order valence-electron chi connectivity index (χ0n) is 10.6. The second-order valence-corrected chi connectivity index (χ2v) is 5.61. The van der Waals surface area contributed by atoms with Gasteiger partial charge in [0.05, 0.1) is 11.0 Å². The molecule has 4 nitrogen and oxygen atoms in total. The summed E-state index contributed by atoms with van der Waals surface area (Å²) in [4.78, 5) is 12.2. The lowest BCUT2D eigenvalue weighted by molar-refractivity contribution is -0.385. The topological polar surface area (TPSA) is 46.4 Å². The molecule has 0 radical (unpaired) electrons. The number of hydrogen-bond donors (Lipinski definition) is 0. The predicted molar refractivity (Wildman–Crippen MR) is 68.3 cm³/mol. The van der Waals surface area contributed by atoms with Gasteiger partial charge >= 0.3 is 0 Å². The second kappa shape index (κ2) is 4.55. The normalized spacial score (nSPS) is 18.7. The number of nitro benzene ring substituents is 1. The van der Waals surface area contributed by atoms with Crippen molar-refractivity contribution in [1.29, 1.82) is 0 Å². The lowest BCUT2D eigenvalue weighted by Crippen LogP contribution is -2.40. The van der Waals surface area contributed by atoms with Crippen molar-refractivity contribution in [1.82, 2.24) is 0 Å². The molecule has 0 aromatic heterocycles. The molecule has 0 aliphatic carbocycles. The zero-order valence-corrected chi connectivity index (χ0v) is 10.6. The van der Waals surface area contributed by atoms with Gasteiger partial charge in [0.2, 0.25) is 0 Å². The largest absolute Gasteiger partial charge is 0.371 e. The van der Waals surface area contributed by atoms with E-state index in [9.17, 15) is 14.5 Å². The van der Waals surface area contributed by atoms with E-state index in [2.05, 4.69) is 13.8 Å². The van der Waals surface area contributed by atoms with Gasteiger partial charge in [0.25, 0.3) is 5.69 Å². The summed E-state index contributed by atoms with van der Waals surface area (Å²) in [7, 11) is 0. The molecular weight excluding hydrogens is 235 g/mol. The Kier molecular flexibility index (Phi) is 3.24. The van der Waals surface area contributed by atoms with Crippen LogP contribution in [0.5, 0.6) is 0 Å². The molecule has 0 unspecified atom stereocenters. The Bertz CT molecular complexity index is 474. The lowest BCUT2D eigenvalue weighted by atomic mass is 9.84. The fourth-order valence-corrected chi connectivity index (χ4v) is 2.49. The molecule has 1 aromatic rings. The number of benzene rings is 1. The van der Waals surface area contributed by atoms with Crippen LogP contribution in [0, 0.1) is 21.3 Å². The summed E-state index contributed by atoms with van der Waals surface area (Å²) in [6.07, 6.45) is 2.15. The van der Waals surface area contributed by atoms with Gasteiger partial charge in [-0.25, -0.2) is 4.39 Å². The van der Waals surface area contributed by atoms with Crippen LogP contribution in [-0.2, 0) is 0 Å². The third kappa shape index (κ3) is 2.78. The van der Waals surface area contributed by atoms with Gasteiger partial charge < -0.3 is 4.90 Å². The van der Waals surface area contributed by atoms with Gasteiger partial charge in [-0.3, -0.25) is 10.1 Å². The zero-order chi connectivity index (χ0) is 13.3. The Hall–Kier alpha value is -1.65. The summed E-state index contributed by atoms with van der Waals surface area (Å²) in [5.41, 5.74) is 0.585. The molecule has 2 rings (SSSR count). The van der Waals surface area contributed by atoms with Crippen LogP contribution >= 0.6 is 0 Å². The van der Waals surface area contributed by atoms with Crippen LogP contribution in [-0.4, -0.2) is 18.0 Å². The maximum Gasteiger partial charge on any atom is 0.274 e. The van der Waals surface area contributed by atoms with Crippen LogP contribution in [0.25, 0.3) is 0 Å². The summed E-state index contributed by atoms with van der Waals surface area (Å²) in [6.45, 7) is 5.94. The highest BCUT2D eigenvalue weighted by Gasteiger charge is 2.27. The molecule has 0 N–H and O–H groups in total. The molecule has 1 heterocycles. The first kappa shape index (κ1) is 12.8. The Morgan fingerprint density at radius 1 is 1.39 bits per heavy atom. The second-order valence-electron chi connectivity index (χ2n) is 5.61. The molecule has 1 aliphatic rings. The maximum atomic E-state index is 13.4. The number of rotatable bonds is 2. The molecule has 1 aliphatic heterocycles. The highest BCUT2D eigenvalue weighted by atomic mass is 19.1. The smallest absolute Gasteiger partial charge is 0.274 e. The molecule has 18 heavy (non-hydrogen) atoms. The molecule has 0 saturated carbocycles. The summed E-state index contributed by atoms with van der Waals surface area (Å²) in [6, 6.07) is 3.78. The third-order valence-electron chi connectivity index (χ3n) is 3.34. The van der Waals surface area contributed by atoms with Crippen molar-refractivity contribution < 1.29 is 9.31 Å². The fraction of sp³-hybridized carbons (Fsp3) is 0.538. The van der Waals surface area contributed by atoms with Gasteiger partial charge in [0.15, 0.2) is 0 Å². The van der Waals surface area contributed by atoms with Crippen molar-refractivity contribution >= 4 is 11.4 Å². The fourth-order valence-electron chi connectivity index (χ4n) is 2.49. The Balaban J connectivity index is 2.30. The summed E-state index contributed by atoms with van der Waals surface area (Å²) in [5.74, 6) is -0.553. The first-order chi connectivity index (χ1) is 8.37. The molecule has 0 spiro atoms. The summed E-state index contributed by atoms with van der Waals surface area (Å²) < 4.78 is 13.4. The molecule has 98 valence electrons. The molecule has 0 bridgehead atoms. The van der Waals surface area contributed by atoms with Crippen molar-refractivity contribution in [2.45, 2.75) is 26.7 Å². The number of anilines is 1. The van der Waals surface area contributed by atoms with Crippen molar-refractivity contribution in [3.05, 3.63) is 34.1 Å². The first-order valence-corrected chi connectivity index (χ1v) is 6.07. The minimum absolute atomic E-state index is 0.166. The Morgan fingerprint density at radius 2 is 2.11 bits per heavy atom. The third-order valence-corrected chi connectivity index (χ3v) is 3.34. The number of piperidine rings is 1. The summed E-state index contributed by atoms with van der Waals surface area (Å²) in [5, 5.41) is 10.7. The van der Waals surface area contributed by atoms with E-state index in [0.717, 1.165) is 32.0 Å². The van der Waals surface area contributed by atoms with Crippen molar-refractivity contribution in [2.75, 3.05) is 18.0 Å². The molecule has 0 atom stereocenters. The lowest BCUT2D eigenvalue weighted by Gasteiger charge is -2.39. The van der Waals surface area contributed by atoms with Crippen LogP contribution in [0.15, 0.2) is 18.2 Å². The van der Waals surface area contributed by atoms with Crippen LogP contribution in [0.4, 0.5) is 15.8 Å². The Labute approximate surface area is 106 Å². The predicted octanol–water partition coefficient (Wildman–Crippen LogP) is 3.36. The quantitative estimate of drug-likeness (QED) is 0.599. The number of non-ortho nitro benzene ring substituents is 1. The number of nitrogens with zero attached hydrogens (tertiary/aromatic N) is 2. The number of halogens is 1. The molecule has 1 saturated heterocycles. The highest BCUT2D eigenvalue weighted by Crippen LogP contribution is 2.33. The van der Waals surface area contributed by atoms with E-state index in [0.29, 0.717) is 5.69 Å². The van der Waals surface area contributed by atoms with Gasteiger partial charge in [-0.05, 0) is 24.3 Å². The van der Waals surface area contributed by atoms with Crippen LogP contribution in [0.3, 0.4) is 0 Å². The van der Waals surface area contributed by atoms with Crippen LogP contribution in [0.1, 0.15) is 26.7 Å². The average Bonchev–Trinajstić information content (AvgIpc) is 2.26. The monoisotopic (exact) mass is 252 g/mol. The van der Waals surface area contributed by atoms with E-state index in [1.807, 2.05) is 4.90 Å².